The average molecular weight is 140 g/mol. The Morgan fingerprint density at radius 2 is 1.90 bits per heavy atom. The molecule has 10 heavy (non-hydrogen) atoms. The average Bonchev–Trinajstić information content (AvgIpc) is 2.66. The van der Waals surface area contributed by atoms with Gasteiger partial charge >= 0.3 is 0 Å². The fourth-order valence-electron chi connectivity index (χ4n) is 2.40. The van der Waals surface area contributed by atoms with E-state index in [1.807, 2.05) is 0 Å². The lowest BCUT2D eigenvalue weighted by molar-refractivity contribution is -0.00742. The first-order valence-electron chi connectivity index (χ1n) is 4.18. The largest absolute Gasteiger partial charge is 0.370 e. The van der Waals surface area contributed by atoms with Crippen LogP contribution >= 0.6 is 0 Å². The van der Waals surface area contributed by atoms with Crippen LogP contribution in [0, 0.1) is 0 Å². The highest BCUT2D eigenvalue weighted by atomic mass is 16.6. The number of hydrogen-bond acceptors (Lipinski definition) is 2. The summed E-state index contributed by atoms with van der Waals surface area (Å²) in [5.74, 6) is 0. The van der Waals surface area contributed by atoms with Crippen molar-refractivity contribution in [3.05, 3.63) is 0 Å². The van der Waals surface area contributed by atoms with E-state index < -0.39 is 0 Å². The molecule has 3 fully saturated rings. The number of fused-ring (bicyclic) bond motifs is 2. The van der Waals surface area contributed by atoms with Crippen molar-refractivity contribution >= 4 is 0 Å². The molecule has 0 radical (unpaired) electrons. The predicted molar refractivity (Wildman–Crippen MR) is 35.8 cm³/mol. The standard InChI is InChI=1S/C8H12O2/c1-3-8(7-5-9-7)4-2-6(1)10-8/h6-7H,1-5H2. The second-order valence-corrected chi connectivity index (χ2v) is 3.70. The monoisotopic (exact) mass is 140 g/mol. The van der Waals surface area contributed by atoms with E-state index in [1.54, 1.807) is 0 Å². The molecule has 3 aliphatic rings. The van der Waals surface area contributed by atoms with Crippen molar-refractivity contribution in [1.82, 2.24) is 0 Å². The van der Waals surface area contributed by atoms with Crippen LogP contribution in [0.1, 0.15) is 25.7 Å². The quantitative estimate of drug-likeness (QED) is 0.509. The van der Waals surface area contributed by atoms with Crippen molar-refractivity contribution in [1.29, 1.82) is 0 Å². The minimum absolute atomic E-state index is 0.199. The van der Waals surface area contributed by atoms with Crippen molar-refractivity contribution in [3.8, 4) is 0 Å². The first kappa shape index (κ1) is 5.56. The van der Waals surface area contributed by atoms with Gasteiger partial charge < -0.3 is 9.47 Å². The Hall–Kier alpha value is -0.0800. The highest BCUT2D eigenvalue weighted by molar-refractivity contribution is 5.05. The molecule has 2 heteroatoms. The van der Waals surface area contributed by atoms with Crippen molar-refractivity contribution in [3.63, 3.8) is 0 Å². The Labute approximate surface area is 60.5 Å². The highest BCUT2D eigenvalue weighted by Gasteiger charge is 2.56. The van der Waals surface area contributed by atoms with Crippen molar-refractivity contribution in [2.75, 3.05) is 6.61 Å². The van der Waals surface area contributed by atoms with Gasteiger partial charge in [0.15, 0.2) is 0 Å². The lowest BCUT2D eigenvalue weighted by Crippen LogP contribution is -2.31. The molecular weight excluding hydrogens is 128 g/mol. The van der Waals surface area contributed by atoms with E-state index in [4.69, 9.17) is 9.47 Å². The lowest BCUT2D eigenvalue weighted by atomic mass is 9.86. The Bertz CT molecular complexity index is 155. The third-order valence-corrected chi connectivity index (χ3v) is 3.10. The molecule has 1 unspecified atom stereocenters. The topological polar surface area (TPSA) is 21.8 Å². The van der Waals surface area contributed by atoms with Crippen molar-refractivity contribution in [2.45, 2.75) is 43.5 Å². The normalized spacial score (nSPS) is 57.6. The zero-order valence-corrected chi connectivity index (χ0v) is 6.01. The fourth-order valence-corrected chi connectivity index (χ4v) is 2.40. The molecule has 2 nitrogen and oxygen atoms in total. The van der Waals surface area contributed by atoms with E-state index in [-0.39, 0.29) is 5.60 Å². The van der Waals surface area contributed by atoms with Gasteiger partial charge in [0.25, 0.3) is 0 Å². The second kappa shape index (κ2) is 1.56. The van der Waals surface area contributed by atoms with E-state index in [1.165, 1.54) is 25.7 Å². The smallest absolute Gasteiger partial charge is 0.110 e. The Morgan fingerprint density at radius 1 is 1.20 bits per heavy atom. The molecule has 0 saturated carbocycles. The summed E-state index contributed by atoms with van der Waals surface area (Å²) < 4.78 is 11.1. The molecular formula is C8H12O2. The second-order valence-electron chi connectivity index (χ2n) is 3.70. The minimum atomic E-state index is 0.199. The van der Waals surface area contributed by atoms with E-state index >= 15 is 0 Å². The van der Waals surface area contributed by atoms with E-state index in [0.29, 0.717) is 12.2 Å². The van der Waals surface area contributed by atoms with Gasteiger partial charge in [-0.3, -0.25) is 0 Å². The van der Waals surface area contributed by atoms with Gasteiger partial charge in [-0.25, -0.2) is 0 Å². The molecule has 3 saturated heterocycles. The molecule has 0 amide bonds. The van der Waals surface area contributed by atoms with Crippen LogP contribution in [0.3, 0.4) is 0 Å². The first-order chi connectivity index (χ1) is 4.89. The highest BCUT2D eigenvalue weighted by Crippen LogP contribution is 2.49. The Balaban J connectivity index is 1.89. The van der Waals surface area contributed by atoms with Crippen LogP contribution in [0.2, 0.25) is 0 Å². The Morgan fingerprint density at radius 3 is 2.30 bits per heavy atom. The van der Waals surface area contributed by atoms with Gasteiger partial charge in [-0.2, -0.15) is 0 Å². The van der Waals surface area contributed by atoms with Crippen LogP contribution in [0.4, 0.5) is 0 Å². The summed E-state index contributed by atoms with van der Waals surface area (Å²) in [7, 11) is 0. The summed E-state index contributed by atoms with van der Waals surface area (Å²) in [6, 6.07) is 0. The summed E-state index contributed by atoms with van der Waals surface area (Å²) in [6.07, 6.45) is 6.12. The van der Waals surface area contributed by atoms with Crippen LogP contribution in [-0.4, -0.2) is 24.4 Å². The molecule has 3 heterocycles. The third kappa shape index (κ3) is 0.565. The number of hydrogen-bond donors (Lipinski definition) is 0. The summed E-state index contributed by atoms with van der Waals surface area (Å²) in [6.45, 7) is 0.951. The Kier molecular flexibility index (Phi) is 0.868. The van der Waals surface area contributed by atoms with Gasteiger partial charge in [0.1, 0.15) is 6.10 Å². The fraction of sp³-hybridized carbons (Fsp3) is 1.00. The number of ether oxygens (including phenoxy) is 2. The van der Waals surface area contributed by atoms with Crippen LogP contribution < -0.4 is 0 Å². The molecule has 0 aliphatic carbocycles. The first-order valence-corrected chi connectivity index (χ1v) is 4.18. The molecule has 0 aromatic rings. The van der Waals surface area contributed by atoms with Gasteiger partial charge in [-0.1, -0.05) is 0 Å². The molecule has 56 valence electrons. The van der Waals surface area contributed by atoms with Crippen LogP contribution in [-0.2, 0) is 9.47 Å². The number of epoxide rings is 1. The number of rotatable bonds is 1. The van der Waals surface area contributed by atoms with Gasteiger partial charge in [0.05, 0.1) is 18.3 Å². The van der Waals surface area contributed by atoms with E-state index in [2.05, 4.69) is 0 Å². The molecule has 0 aromatic carbocycles. The maximum absolute atomic E-state index is 5.86. The predicted octanol–water partition coefficient (Wildman–Crippen LogP) is 1.10. The molecule has 0 N–H and O–H groups in total. The van der Waals surface area contributed by atoms with Gasteiger partial charge in [-0.05, 0) is 25.7 Å². The van der Waals surface area contributed by atoms with Crippen molar-refractivity contribution in [2.24, 2.45) is 0 Å². The summed E-state index contributed by atoms with van der Waals surface area (Å²) >= 11 is 0. The minimum Gasteiger partial charge on any atom is -0.370 e. The van der Waals surface area contributed by atoms with Gasteiger partial charge in [0.2, 0.25) is 0 Å². The SMILES string of the molecule is C1CC2(C3CO3)CCC1O2. The maximum atomic E-state index is 5.86. The lowest BCUT2D eigenvalue weighted by Gasteiger charge is -2.21. The summed E-state index contributed by atoms with van der Waals surface area (Å²) in [4.78, 5) is 0. The molecule has 0 spiro atoms. The summed E-state index contributed by atoms with van der Waals surface area (Å²) in [5.41, 5.74) is 0.199. The van der Waals surface area contributed by atoms with Crippen LogP contribution in [0.25, 0.3) is 0 Å². The van der Waals surface area contributed by atoms with E-state index in [0.717, 1.165) is 6.61 Å². The summed E-state index contributed by atoms with van der Waals surface area (Å²) in [5, 5.41) is 0. The van der Waals surface area contributed by atoms with Crippen LogP contribution in [0.15, 0.2) is 0 Å². The maximum Gasteiger partial charge on any atom is 0.110 e. The molecule has 0 aromatic heterocycles. The van der Waals surface area contributed by atoms with E-state index in [9.17, 15) is 0 Å². The third-order valence-electron chi connectivity index (χ3n) is 3.10. The van der Waals surface area contributed by atoms with Gasteiger partial charge in [0, 0.05) is 0 Å². The zero-order valence-electron chi connectivity index (χ0n) is 6.01. The van der Waals surface area contributed by atoms with Crippen molar-refractivity contribution < 1.29 is 9.47 Å². The molecule has 1 atom stereocenters. The molecule has 2 bridgehead atoms. The molecule has 3 aliphatic heterocycles. The van der Waals surface area contributed by atoms with Gasteiger partial charge in [-0.15, -0.1) is 0 Å². The zero-order chi connectivity index (χ0) is 6.60. The van der Waals surface area contributed by atoms with Crippen LogP contribution in [0.5, 0.6) is 0 Å². The molecule has 3 rings (SSSR count).